The second kappa shape index (κ2) is 7.94. The Morgan fingerprint density at radius 1 is 1.47 bits per heavy atom. The van der Waals surface area contributed by atoms with E-state index >= 15 is 0 Å². The monoisotopic (exact) mass is 267 g/mol. The van der Waals surface area contributed by atoms with Gasteiger partial charge < -0.3 is 15.6 Å². The Labute approximate surface area is 114 Å². The Morgan fingerprint density at radius 2 is 2.21 bits per heavy atom. The van der Waals surface area contributed by atoms with Crippen LogP contribution in [0.2, 0.25) is 0 Å². The van der Waals surface area contributed by atoms with E-state index in [4.69, 9.17) is 10.3 Å². The zero-order chi connectivity index (χ0) is 14.3. The van der Waals surface area contributed by atoms with Crippen LogP contribution in [-0.4, -0.2) is 23.7 Å². The summed E-state index contributed by atoms with van der Waals surface area (Å²) in [5.41, 5.74) is 7.56. The molecule has 1 atom stereocenters. The maximum atomic E-state index is 11.9. The number of carbonyl (C=O) groups excluding carboxylic acids is 1. The summed E-state index contributed by atoms with van der Waals surface area (Å²) in [4.78, 5) is 11.9. The standard InChI is InChI=1S/C14H25N3O2/c1-4-5-6-12(9-15)16-14(18)8-7-13-10(2)17-19-11(13)3/h12H,4-9,15H2,1-3H3,(H,16,18). The molecule has 0 aliphatic carbocycles. The van der Waals surface area contributed by atoms with Gasteiger partial charge in [0, 0.05) is 24.6 Å². The Bertz CT molecular complexity index is 382. The lowest BCUT2D eigenvalue weighted by Crippen LogP contribution is -2.40. The summed E-state index contributed by atoms with van der Waals surface area (Å²) in [7, 11) is 0. The molecule has 5 heteroatoms. The Hall–Kier alpha value is -1.36. The van der Waals surface area contributed by atoms with Crippen molar-refractivity contribution in [1.29, 1.82) is 0 Å². The molecule has 0 aromatic carbocycles. The van der Waals surface area contributed by atoms with Crippen molar-refractivity contribution < 1.29 is 9.32 Å². The summed E-state index contributed by atoms with van der Waals surface area (Å²) < 4.78 is 5.08. The molecule has 1 aromatic heterocycles. The largest absolute Gasteiger partial charge is 0.361 e. The number of aromatic nitrogens is 1. The minimum atomic E-state index is 0.0477. The minimum Gasteiger partial charge on any atom is -0.361 e. The highest BCUT2D eigenvalue weighted by Gasteiger charge is 2.13. The molecule has 0 aliphatic rings. The molecule has 0 saturated carbocycles. The van der Waals surface area contributed by atoms with E-state index in [1.54, 1.807) is 0 Å². The molecule has 5 nitrogen and oxygen atoms in total. The van der Waals surface area contributed by atoms with Crippen LogP contribution in [-0.2, 0) is 11.2 Å². The fraction of sp³-hybridized carbons (Fsp3) is 0.714. The fourth-order valence-corrected chi connectivity index (χ4v) is 2.10. The van der Waals surface area contributed by atoms with Crippen LogP contribution in [0.1, 0.15) is 49.6 Å². The number of unbranched alkanes of at least 4 members (excludes halogenated alkanes) is 1. The molecule has 1 amide bonds. The van der Waals surface area contributed by atoms with Gasteiger partial charge in [0.15, 0.2) is 0 Å². The Balaban J connectivity index is 2.38. The first-order valence-corrected chi connectivity index (χ1v) is 6.99. The summed E-state index contributed by atoms with van der Waals surface area (Å²) in [6, 6.07) is 0.0946. The van der Waals surface area contributed by atoms with Crippen molar-refractivity contribution in [3.8, 4) is 0 Å². The summed E-state index contributed by atoms with van der Waals surface area (Å²) in [5, 5.41) is 6.87. The SMILES string of the molecule is CCCCC(CN)NC(=O)CCc1c(C)noc1C. The zero-order valence-corrected chi connectivity index (χ0v) is 12.2. The molecule has 0 spiro atoms. The second-order valence-electron chi connectivity index (χ2n) is 4.95. The average molecular weight is 267 g/mol. The zero-order valence-electron chi connectivity index (χ0n) is 12.2. The van der Waals surface area contributed by atoms with E-state index in [-0.39, 0.29) is 11.9 Å². The topological polar surface area (TPSA) is 81.1 Å². The Morgan fingerprint density at radius 3 is 2.74 bits per heavy atom. The minimum absolute atomic E-state index is 0.0477. The van der Waals surface area contributed by atoms with Crippen LogP contribution in [0.15, 0.2) is 4.52 Å². The predicted octanol–water partition coefficient (Wildman–Crippen LogP) is 1.86. The van der Waals surface area contributed by atoms with Gasteiger partial charge in [-0.05, 0) is 26.7 Å². The third kappa shape index (κ3) is 5.03. The van der Waals surface area contributed by atoms with E-state index in [0.717, 1.165) is 36.3 Å². The lowest BCUT2D eigenvalue weighted by atomic mass is 10.1. The van der Waals surface area contributed by atoms with Crippen molar-refractivity contribution >= 4 is 5.91 Å². The van der Waals surface area contributed by atoms with Gasteiger partial charge in [0.2, 0.25) is 5.91 Å². The number of hydrogen-bond donors (Lipinski definition) is 2. The number of amides is 1. The van der Waals surface area contributed by atoms with Gasteiger partial charge >= 0.3 is 0 Å². The van der Waals surface area contributed by atoms with E-state index in [0.29, 0.717) is 19.4 Å². The van der Waals surface area contributed by atoms with Crippen molar-refractivity contribution in [2.45, 2.75) is 58.9 Å². The molecule has 1 rings (SSSR count). The molecule has 1 heterocycles. The number of nitrogens with two attached hydrogens (primary N) is 1. The van der Waals surface area contributed by atoms with E-state index in [9.17, 15) is 4.79 Å². The van der Waals surface area contributed by atoms with Gasteiger partial charge in [0.25, 0.3) is 0 Å². The van der Waals surface area contributed by atoms with Crippen molar-refractivity contribution in [3.05, 3.63) is 17.0 Å². The van der Waals surface area contributed by atoms with Crippen molar-refractivity contribution in [2.24, 2.45) is 5.73 Å². The smallest absolute Gasteiger partial charge is 0.220 e. The normalized spacial score (nSPS) is 12.4. The molecule has 0 fully saturated rings. The number of hydrogen-bond acceptors (Lipinski definition) is 4. The molecule has 1 unspecified atom stereocenters. The second-order valence-corrected chi connectivity index (χ2v) is 4.95. The lowest BCUT2D eigenvalue weighted by molar-refractivity contribution is -0.121. The maximum absolute atomic E-state index is 11.9. The highest BCUT2D eigenvalue weighted by Crippen LogP contribution is 2.14. The summed E-state index contributed by atoms with van der Waals surface area (Å²) in [6.45, 7) is 6.40. The number of rotatable bonds is 8. The van der Waals surface area contributed by atoms with Crippen LogP contribution in [0.5, 0.6) is 0 Å². The average Bonchev–Trinajstić information content (AvgIpc) is 2.71. The van der Waals surface area contributed by atoms with Gasteiger partial charge in [0.05, 0.1) is 5.69 Å². The van der Waals surface area contributed by atoms with E-state index in [2.05, 4.69) is 17.4 Å². The van der Waals surface area contributed by atoms with Crippen LogP contribution in [0.3, 0.4) is 0 Å². The van der Waals surface area contributed by atoms with Crippen molar-refractivity contribution in [1.82, 2.24) is 10.5 Å². The van der Waals surface area contributed by atoms with Crippen LogP contribution in [0.25, 0.3) is 0 Å². The van der Waals surface area contributed by atoms with Gasteiger partial charge in [0.1, 0.15) is 5.76 Å². The molecule has 0 bridgehead atoms. The van der Waals surface area contributed by atoms with Gasteiger partial charge in [-0.15, -0.1) is 0 Å². The highest BCUT2D eigenvalue weighted by atomic mass is 16.5. The molecule has 0 radical (unpaired) electrons. The predicted molar refractivity (Wildman–Crippen MR) is 74.8 cm³/mol. The summed E-state index contributed by atoms with van der Waals surface area (Å²) in [6.07, 6.45) is 4.27. The third-order valence-electron chi connectivity index (χ3n) is 3.34. The van der Waals surface area contributed by atoms with Gasteiger partial charge in [-0.25, -0.2) is 0 Å². The highest BCUT2D eigenvalue weighted by molar-refractivity contribution is 5.76. The Kier molecular flexibility index (Phi) is 6.56. The van der Waals surface area contributed by atoms with Crippen molar-refractivity contribution in [2.75, 3.05) is 6.54 Å². The third-order valence-corrected chi connectivity index (χ3v) is 3.34. The first-order valence-electron chi connectivity index (χ1n) is 6.99. The maximum Gasteiger partial charge on any atom is 0.220 e. The molecule has 1 aromatic rings. The number of aryl methyl sites for hydroxylation is 2. The fourth-order valence-electron chi connectivity index (χ4n) is 2.10. The van der Waals surface area contributed by atoms with E-state index in [1.165, 1.54) is 0 Å². The van der Waals surface area contributed by atoms with Gasteiger partial charge in [-0.3, -0.25) is 4.79 Å². The van der Waals surface area contributed by atoms with Crippen LogP contribution in [0.4, 0.5) is 0 Å². The number of carbonyl (C=O) groups is 1. The van der Waals surface area contributed by atoms with E-state index in [1.807, 2.05) is 13.8 Å². The molecule has 3 N–H and O–H groups in total. The summed E-state index contributed by atoms with van der Waals surface area (Å²) in [5.74, 6) is 0.846. The molecular formula is C14H25N3O2. The molecule has 19 heavy (non-hydrogen) atoms. The quantitative estimate of drug-likeness (QED) is 0.753. The van der Waals surface area contributed by atoms with E-state index < -0.39 is 0 Å². The molecular weight excluding hydrogens is 242 g/mol. The first kappa shape index (κ1) is 15.7. The molecule has 0 saturated heterocycles. The first-order chi connectivity index (χ1) is 9.08. The number of nitrogens with zero attached hydrogens (tertiary/aromatic N) is 1. The van der Waals surface area contributed by atoms with Crippen LogP contribution >= 0.6 is 0 Å². The summed E-state index contributed by atoms with van der Waals surface area (Å²) >= 11 is 0. The van der Waals surface area contributed by atoms with Crippen LogP contribution < -0.4 is 11.1 Å². The molecule has 108 valence electrons. The van der Waals surface area contributed by atoms with Crippen LogP contribution in [0, 0.1) is 13.8 Å². The van der Waals surface area contributed by atoms with Crippen molar-refractivity contribution in [3.63, 3.8) is 0 Å². The van der Waals surface area contributed by atoms with Gasteiger partial charge in [-0.1, -0.05) is 24.9 Å². The van der Waals surface area contributed by atoms with Gasteiger partial charge in [-0.2, -0.15) is 0 Å². The molecule has 0 aliphatic heterocycles. The lowest BCUT2D eigenvalue weighted by Gasteiger charge is -2.16. The number of nitrogens with one attached hydrogen (secondary N) is 1.